The lowest BCUT2D eigenvalue weighted by Gasteiger charge is -2.16. The number of thiazole rings is 1. The number of nitriles is 1. The summed E-state index contributed by atoms with van der Waals surface area (Å²) in [7, 11) is 0. The van der Waals surface area contributed by atoms with Crippen LogP contribution in [0.15, 0.2) is 24.3 Å². The molecule has 1 aromatic carbocycles. The molecule has 1 fully saturated rings. The van der Waals surface area contributed by atoms with Crippen LogP contribution in [0.5, 0.6) is 0 Å². The second kappa shape index (κ2) is 5.73. The third-order valence-electron chi connectivity index (χ3n) is 3.50. The van der Waals surface area contributed by atoms with E-state index in [1.165, 1.54) is 23.5 Å². The zero-order valence-corrected chi connectivity index (χ0v) is 12.7. The molecule has 7 heteroatoms. The molecular weight excluding hydrogens is 303 g/mol. The highest BCUT2D eigenvalue weighted by Gasteiger charge is 2.31. The molecule has 0 radical (unpaired) electrons. The van der Waals surface area contributed by atoms with E-state index in [0.29, 0.717) is 35.3 Å². The van der Waals surface area contributed by atoms with Crippen molar-refractivity contribution in [3.63, 3.8) is 0 Å². The second-order valence-electron chi connectivity index (χ2n) is 5.01. The van der Waals surface area contributed by atoms with Gasteiger partial charge in [-0.3, -0.25) is 4.90 Å². The number of hydrogen-bond acceptors (Lipinski definition) is 4. The quantitative estimate of drug-likeness (QED) is 0.875. The maximum absolute atomic E-state index is 12.9. The molecule has 0 spiro atoms. The average Bonchev–Trinajstić information content (AvgIpc) is 3.05. The Bertz CT molecular complexity index is 750. The Morgan fingerprint density at radius 2 is 2.09 bits per heavy atom. The Morgan fingerprint density at radius 3 is 2.73 bits per heavy atom. The Morgan fingerprint density at radius 1 is 1.36 bits per heavy atom. The van der Waals surface area contributed by atoms with E-state index in [2.05, 4.69) is 11.1 Å². The van der Waals surface area contributed by atoms with Crippen LogP contribution in [-0.4, -0.2) is 29.0 Å². The number of aromatic nitrogens is 1. The highest BCUT2D eigenvalue weighted by atomic mass is 32.1. The molecular formula is C15H13FN4OS. The lowest BCUT2D eigenvalue weighted by atomic mass is 10.2. The Balaban J connectivity index is 1.74. The van der Waals surface area contributed by atoms with Gasteiger partial charge in [-0.15, -0.1) is 0 Å². The molecule has 0 aliphatic carbocycles. The minimum absolute atomic E-state index is 0.137. The lowest BCUT2D eigenvalue weighted by Crippen LogP contribution is -2.31. The summed E-state index contributed by atoms with van der Waals surface area (Å²) in [6, 6.07) is 8.06. The number of benzene rings is 1. The highest BCUT2D eigenvalue weighted by molar-refractivity contribution is 7.16. The minimum atomic E-state index is -0.291. The monoisotopic (exact) mass is 316 g/mol. The van der Waals surface area contributed by atoms with Crippen LogP contribution in [0.2, 0.25) is 0 Å². The summed E-state index contributed by atoms with van der Waals surface area (Å²) < 4.78 is 12.9. The van der Waals surface area contributed by atoms with Crippen molar-refractivity contribution in [3.05, 3.63) is 46.2 Å². The maximum Gasteiger partial charge on any atom is 0.326 e. The Kier molecular flexibility index (Phi) is 3.77. The van der Waals surface area contributed by atoms with E-state index in [0.717, 1.165) is 5.56 Å². The number of urea groups is 1. The molecule has 5 nitrogen and oxygen atoms in total. The number of carbonyl (C=O) groups is 1. The van der Waals surface area contributed by atoms with E-state index in [9.17, 15) is 9.18 Å². The molecule has 0 atom stereocenters. The third kappa shape index (κ3) is 2.65. The molecule has 3 rings (SSSR count). The first-order chi connectivity index (χ1) is 10.6. The zero-order chi connectivity index (χ0) is 15.7. The zero-order valence-electron chi connectivity index (χ0n) is 11.9. The highest BCUT2D eigenvalue weighted by Crippen LogP contribution is 2.28. The number of rotatable bonds is 3. The average molecular weight is 316 g/mol. The van der Waals surface area contributed by atoms with Gasteiger partial charge in [-0.25, -0.2) is 14.2 Å². The van der Waals surface area contributed by atoms with E-state index in [-0.39, 0.29) is 11.8 Å². The number of carbonyl (C=O) groups excluding carboxylic acids is 1. The summed E-state index contributed by atoms with van der Waals surface area (Å²) >= 11 is 1.23. The molecule has 2 aromatic rings. The van der Waals surface area contributed by atoms with Crippen LogP contribution in [-0.2, 0) is 6.54 Å². The van der Waals surface area contributed by atoms with Crippen LogP contribution in [0.4, 0.5) is 14.3 Å². The Hall–Kier alpha value is -2.46. The summed E-state index contributed by atoms with van der Waals surface area (Å²) in [5.74, 6) is -0.291. The third-order valence-corrected chi connectivity index (χ3v) is 4.58. The second-order valence-corrected chi connectivity index (χ2v) is 5.98. The standard InChI is InChI=1S/C15H13FN4OS/c1-10-13(8-17)22-14(18-10)20-7-6-19(15(20)21)9-11-2-4-12(16)5-3-11/h2-5H,6-7,9H2,1H3. The van der Waals surface area contributed by atoms with E-state index >= 15 is 0 Å². The van der Waals surface area contributed by atoms with E-state index in [1.54, 1.807) is 28.9 Å². The molecule has 0 unspecified atom stereocenters. The van der Waals surface area contributed by atoms with Crippen LogP contribution in [0.25, 0.3) is 0 Å². The SMILES string of the molecule is Cc1nc(N2CCN(Cc3ccc(F)cc3)C2=O)sc1C#N. The van der Waals surface area contributed by atoms with Gasteiger partial charge in [0.15, 0.2) is 5.13 Å². The predicted molar refractivity (Wildman–Crippen MR) is 81.1 cm³/mol. The van der Waals surface area contributed by atoms with E-state index in [1.807, 2.05) is 0 Å². The van der Waals surface area contributed by atoms with Crippen molar-refractivity contribution >= 4 is 22.5 Å². The summed E-state index contributed by atoms with van der Waals surface area (Å²) in [4.78, 5) is 20.5. The molecule has 22 heavy (non-hydrogen) atoms. The van der Waals surface area contributed by atoms with Gasteiger partial charge in [0.05, 0.1) is 5.69 Å². The summed E-state index contributed by atoms with van der Waals surface area (Å²) in [5, 5.41) is 9.54. The van der Waals surface area contributed by atoms with Crippen LogP contribution in [0.1, 0.15) is 16.1 Å². The van der Waals surface area contributed by atoms with E-state index in [4.69, 9.17) is 5.26 Å². The van der Waals surface area contributed by atoms with Crippen molar-refractivity contribution in [1.82, 2.24) is 9.88 Å². The molecule has 1 aliphatic rings. The number of amides is 2. The first-order valence-corrected chi connectivity index (χ1v) is 7.58. The fraction of sp³-hybridized carbons (Fsp3) is 0.267. The molecule has 1 aliphatic heterocycles. The molecule has 0 saturated carbocycles. The predicted octanol–water partition coefficient (Wildman–Crippen LogP) is 2.90. The van der Waals surface area contributed by atoms with Crippen molar-refractivity contribution < 1.29 is 9.18 Å². The lowest BCUT2D eigenvalue weighted by molar-refractivity contribution is 0.219. The van der Waals surface area contributed by atoms with E-state index < -0.39 is 0 Å². The number of anilines is 1. The van der Waals surface area contributed by atoms with Gasteiger partial charge in [0.1, 0.15) is 16.8 Å². The van der Waals surface area contributed by atoms with Gasteiger partial charge < -0.3 is 4.90 Å². The van der Waals surface area contributed by atoms with Crippen LogP contribution in [0, 0.1) is 24.1 Å². The van der Waals surface area contributed by atoms with Crippen molar-refractivity contribution in [1.29, 1.82) is 5.26 Å². The van der Waals surface area contributed by atoms with Crippen molar-refractivity contribution in [3.8, 4) is 6.07 Å². The van der Waals surface area contributed by atoms with Crippen molar-refractivity contribution in [2.75, 3.05) is 18.0 Å². The van der Waals surface area contributed by atoms with Gasteiger partial charge in [0, 0.05) is 19.6 Å². The summed E-state index contributed by atoms with van der Waals surface area (Å²) in [6.07, 6.45) is 0. The molecule has 2 heterocycles. The number of aryl methyl sites for hydroxylation is 1. The van der Waals surface area contributed by atoms with Crippen LogP contribution in [0.3, 0.4) is 0 Å². The largest absolute Gasteiger partial charge is 0.326 e. The minimum Gasteiger partial charge on any atom is -0.318 e. The molecule has 0 N–H and O–H groups in total. The first kappa shape index (κ1) is 14.5. The molecule has 0 bridgehead atoms. The Labute approximate surface area is 131 Å². The summed E-state index contributed by atoms with van der Waals surface area (Å²) in [6.45, 7) is 3.31. The fourth-order valence-corrected chi connectivity index (χ4v) is 3.20. The van der Waals surface area contributed by atoms with Crippen LogP contribution < -0.4 is 4.90 Å². The molecule has 2 amide bonds. The first-order valence-electron chi connectivity index (χ1n) is 6.77. The smallest absolute Gasteiger partial charge is 0.318 e. The van der Waals surface area contributed by atoms with Gasteiger partial charge in [-0.1, -0.05) is 23.5 Å². The van der Waals surface area contributed by atoms with Gasteiger partial charge in [0.2, 0.25) is 0 Å². The van der Waals surface area contributed by atoms with Crippen molar-refractivity contribution in [2.24, 2.45) is 0 Å². The topological polar surface area (TPSA) is 60.2 Å². The molecule has 1 saturated heterocycles. The number of halogens is 1. The number of nitrogens with zero attached hydrogens (tertiary/aromatic N) is 4. The fourth-order valence-electron chi connectivity index (χ4n) is 2.32. The molecule has 1 aromatic heterocycles. The van der Waals surface area contributed by atoms with Gasteiger partial charge in [-0.05, 0) is 24.6 Å². The van der Waals surface area contributed by atoms with Crippen LogP contribution >= 0.6 is 11.3 Å². The van der Waals surface area contributed by atoms with Gasteiger partial charge >= 0.3 is 6.03 Å². The number of hydrogen-bond donors (Lipinski definition) is 0. The van der Waals surface area contributed by atoms with Crippen molar-refractivity contribution in [2.45, 2.75) is 13.5 Å². The normalized spacial score (nSPS) is 14.5. The van der Waals surface area contributed by atoms with Gasteiger partial charge in [0.25, 0.3) is 0 Å². The maximum atomic E-state index is 12.9. The van der Waals surface area contributed by atoms with Gasteiger partial charge in [-0.2, -0.15) is 5.26 Å². The molecule has 112 valence electrons. The summed E-state index contributed by atoms with van der Waals surface area (Å²) in [5.41, 5.74) is 1.52.